The van der Waals surface area contributed by atoms with Gasteiger partial charge in [0.2, 0.25) is 0 Å². The molecule has 10 heteroatoms. The van der Waals surface area contributed by atoms with Gasteiger partial charge >= 0.3 is 0 Å². The van der Waals surface area contributed by atoms with Crippen molar-refractivity contribution in [3.05, 3.63) is 47.4 Å². The molecule has 2 aromatic heterocycles. The van der Waals surface area contributed by atoms with E-state index in [9.17, 15) is 17.6 Å². The fourth-order valence-electron chi connectivity index (χ4n) is 5.21. The predicted octanol–water partition coefficient (Wildman–Crippen LogP) is 3.07. The van der Waals surface area contributed by atoms with Gasteiger partial charge in [-0.05, 0) is 76.7 Å². The molecule has 4 heterocycles. The largest absolute Gasteiger partial charge is 0.339 e. The van der Waals surface area contributed by atoms with E-state index in [-0.39, 0.29) is 35.3 Å². The van der Waals surface area contributed by atoms with Crippen molar-refractivity contribution in [2.75, 3.05) is 38.7 Å². The molecule has 0 unspecified atom stereocenters. The normalized spacial score (nSPS) is 21.0. The number of hydrogen-bond donors (Lipinski definition) is 0. The highest BCUT2D eigenvalue weighted by Gasteiger charge is 2.33. The van der Waals surface area contributed by atoms with Crippen molar-refractivity contribution in [2.45, 2.75) is 38.3 Å². The Balaban J connectivity index is 1.64. The van der Waals surface area contributed by atoms with Crippen molar-refractivity contribution < 1.29 is 17.6 Å². The van der Waals surface area contributed by atoms with Crippen LogP contribution in [0.3, 0.4) is 0 Å². The van der Waals surface area contributed by atoms with Crippen LogP contribution in [0.5, 0.6) is 0 Å². The van der Waals surface area contributed by atoms with Gasteiger partial charge in [-0.25, -0.2) is 22.5 Å². The van der Waals surface area contributed by atoms with E-state index < -0.39 is 9.84 Å². The summed E-state index contributed by atoms with van der Waals surface area (Å²) in [4.78, 5) is 22.7. The van der Waals surface area contributed by atoms with Gasteiger partial charge in [0.05, 0.1) is 39.9 Å². The van der Waals surface area contributed by atoms with Crippen molar-refractivity contribution in [1.82, 2.24) is 24.6 Å². The van der Waals surface area contributed by atoms with Gasteiger partial charge in [0.25, 0.3) is 5.91 Å². The Morgan fingerprint density at radius 3 is 2.46 bits per heavy atom. The highest BCUT2D eigenvalue weighted by molar-refractivity contribution is 7.91. The van der Waals surface area contributed by atoms with Crippen molar-refractivity contribution in [3.63, 3.8) is 0 Å². The van der Waals surface area contributed by atoms with Gasteiger partial charge in [0.1, 0.15) is 5.82 Å². The van der Waals surface area contributed by atoms with E-state index in [0.717, 1.165) is 25.9 Å². The molecule has 0 bridgehead atoms. The minimum Gasteiger partial charge on any atom is -0.339 e. The number of pyridine rings is 1. The summed E-state index contributed by atoms with van der Waals surface area (Å²) in [6.07, 6.45) is 2.26. The lowest BCUT2D eigenvalue weighted by atomic mass is 10.0. The van der Waals surface area contributed by atoms with Crippen LogP contribution in [0.25, 0.3) is 22.3 Å². The highest BCUT2D eigenvalue weighted by atomic mass is 32.2. The van der Waals surface area contributed by atoms with Crippen LogP contribution in [0.15, 0.2) is 30.3 Å². The lowest BCUT2D eigenvalue weighted by Gasteiger charge is -2.35. The number of likely N-dealkylation sites (tertiary alicyclic amines) is 1. The number of piperidine rings is 1. The fourth-order valence-corrected chi connectivity index (χ4v) is 6.90. The zero-order chi connectivity index (χ0) is 24.9. The van der Waals surface area contributed by atoms with E-state index in [2.05, 4.69) is 17.0 Å². The molecule has 2 saturated heterocycles. The molecule has 1 atom stereocenters. The molecule has 5 rings (SSSR count). The lowest BCUT2D eigenvalue weighted by Crippen LogP contribution is -2.44. The Morgan fingerprint density at radius 1 is 1.14 bits per heavy atom. The molecule has 8 nitrogen and oxygen atoms in total. The number of benzene rings is 1. The molecule has 35 heavy (non-hydrogen) atoms. The molecule has 1 aromatic carbocycles. The van der Waals surface area contributed by atoms with Gasteiger partial charge in [0, 0.05) is 18.7 Å². The Labute approximate surface area is 204 Å². The molecule has 2 aliphatic heterocycles. The molecular weight excluding hydrogens is 469 g/mol. The molecular formula is C25H30FN5O3S. The molecule has 0 aliphatic carbocycles. The zero-order valence-electron chi connectivity index (χ0n) is 20.2. The number of halogens is 1. The number of sulfone groups is 1. The quantitative estimate of drug-likeness (QED) is 0.548. The van der Waals surface area contributed by atoms with Gasteiger partial charge in [-0.2, -0.15) is 5.10 Å². The van der Waals surface area contributed by atoms with Gasteiger partial charge in [0.15, 0.2) is 15.5 Å². The minimum atomic E-state index is -3.14. The first-order chi connectivity index (χ1) is 16.6. The van der Waals surface area contributed by atoms with Crippen LogP contribution >= 0.6 is 0 Å². The molecule has 3 aromatic rings. The predicted molar refractivity (Wildman–Crippen MR) is 133 cm³/mol. The number of carbonyl (C=O) groups is 1. The molecule has 0 N–H and O–H groups in total. The third kappa shape index (κ3) is 4.56. The molecule has 186 valence electrons. The van der Waals surface area contributed by atoms with Gasteiger partial charge < -0.3 is 9.80 Å². The molecule has 0 saturated carbocycles. The number of fused-ring (bicyclic) bond motifs is 1. The van der Waals surface area contributed by atoms with Crippen LogP contribution in [0.4, 0.5) is 4.39 Å². The van der Waals surface area contributed by atoms with Crippen molar-refractivity contribution in [3.8, 4) is 11.3 Å². The topological polar surface area (TPSA) is 88.4 Å². The monoisotopic (exact) mass is 499 g/mol. The number of hydrogen-bond acceptors (Lipinski definition) is 6. The van der Waals surface area contributed by atoms with Crippen LogP contribution in [-0.4, -0.2) is 83.6 Å². The minimum absolute atomic E-state index is 0.00441. The summed E-state index contributed by atoms with van der Waals surface area (Å²) in [5, 5.41) is 5.31. The number of rotatable bonds is 4. The van der Waals surface area contributed by atoms with Gasteiger partial charge in [-0.1, -0.05) is 0 Å². The Bertz CT molecular complexity index is 1380. The molecule has 1 amide bonds. The summed E-state index contributed by atoms with van der Waals surface area (Å²) in [6, 6.07) is 7.54. The summed E-state index contributed by atoms with van der Waals surface area (Å²) in [6.45, 7) is 3.69. The fraction of sp³-hybridized carbons (Fsp3) is 0.480. The Hall–Kier alpha value is -2.85. The maximum Gasteiger partial charge on any atom is 0.254 e. The van der Waals surface area contributed by atoms with Crippen molar-refractivity contribution >= 4 is 26.8 Å². The summed E-state index contributed by atoms with van der Waals surface area (Å²) < 4.78 is 39.6. The number of aryl methyl sites for hydroxylation is 1. The van der Waals surface area contributed by atoms with Crippen LogP contribution < -0.4 is 0 Å². The van der Waals surface area contributed by atoms with Crippen LogP contribution in [-0.2, 0) is 9.84 Å². The van der Waals surface area contributed by atoms with E-state index >= 15 is 0 Å². The van der Waals surface area contributed by atoms with Crippen molar-refractivity contribution in [2.24, 2.45) is 0 Å². The third-order valence-electron chi connectivity index (χ3n) is 7.32. The third-order valence-corrected chi connectivity index (χ3v) is 9.07. The second-order valence-electron chi connectivity index (χ2n) is 9.80. The Kier molecular flexibility index (Phi) is 6.13. The van der Waals surface area contributed by atoms with E-state index in [0.29, 0.717) is 40.0 Å². The smallest absolute Gasteiger partial charge is 0.254 e. The molecule has 0 radical (unpaired) electrons. The number of carbonyl (C=O) groups excluding carboxylic acids is 1. The molecule has 2 aliphatic rings. The first-order valence-electron chi connectivity index (χ1n) is 11.9. The van der Waals surface area contributed by atoms with Crippen LogP contribution in [0, 0.1) is 12.7 Å². The van der Waals surface area contributed by atoms with Gasteiger partial charge in [-0.3, -0.25) is 4.79 Å². The van der Waals surface area contributed by atoms with E-state index in [1.807, 2.05) is 18.9 Å². The number of aromatic nitrogens is 3. The first-order valence-corrected chi connectivity index (χ1v) is 13.8. The molecule has 0 spiro atoms. The maximum atomic E-state index is 13.9. The lowest BCUT2D eigenvalue weighted by molar-refractivity contribution is 0.0661. The summed E-state index contributed by atoms with van der Waals surface area (Å²) in [5.41, 5.74) is 2.82. The first kappa shape index (κ1) is 23.9. The standard InChI is InChI=1S/C25H30FN5O3S/c1-16-23-21(25(32)30(3)19-8-11-29(2)12-9-19)14-22(17-4-6-18(26)7-5-17)27-24(23)31(28-16)20-10-13-35(33,34)15-20/h4-7,14,19-20H,8-13,15H2,1-3H3/t20-/m0/s1. The summed E-state index contributed by atoms with van der Waals surface area (Å²) >= 11 is 0. The highest BCUT2D eigenvalue weighted by Crippen LogP contribution is 2.33. The SMILES string of the molecule is Cc1nn([C@H]2CCS(=O)(=O)C2)c2nc(-c3ccc(F)cc3)cc(C(=O)N(C)C3CCN(C)CC3)c12. The average molecular weight is 500 g/mol. The van der Waals surface area contributed by atoms with Crippen LogP contribution in [0.1, 0.15) is 41.4 Å². The van der Waals surface area contributed by atoms with Gasteiger partial charge in [-0.15, -0.1) is 0 Å². The Morgan fingerprint density at radius 2 is 1.83 bits per heavy atom. The number of nitrogens with zero attached hydrogens (tertiary/aromatic N) is 5. The second kappa shape index (κ2) is 8.98. The maximum absolute atomic E-state index is 13.9. The molecule has 2 fully saturated rings. The summed E-state index contributed by atoms with van der Waals surface area (Å²) in [7, 11) is 0.784. The van der Waals surface area contributed by atoms with Crippen molar-refractivity contribution in [1.29, 1.82) is 0 Å². The van der Waals surface area contributed by atoms with Crippen LogP contribution in [0.2, 0.25) is 0 Å². The van der Waals surface area contributed by atoms with E-state index in [4.69, 9.17) is 4.98 Å². The second-order valence-corrected chi connectivity index (χ2v) is 12.0. The number of amides is 1. The van der Waals surface area contributed by atoms with E-state index in [1.165, 1.54) is 12.1 Å². The zero-order valence-corrected chi connectivity index (χ0v) is 21.1. The summed E-state index contributed by atoms with van der Waals surface area (Å²) in [5.74, 6) is -0.354. The van der Waals surface area contributed by atoms with E-state index in [1.54, 1.807) is 22.9 Å². The average Bonchev–Trinajstić information content (AvgIpc) is 3.37.